The Hall–Kier alpha value is -3.79. The molecular formula is C19H15N4O5S-. The summed E-state index contributed by atoms with van der Waals surface area (Å²) in [6, 6.07) is 12.6. The number of carbonyl (C=O) groups excluding carboxylic acids is 2. The molecule has 0 atom stereocenters. The summed E-state index contributed by atoms with van der Waals surface area (Å²) in [6.45, 7) is 1.70. The molecule has 3 rings (SSSR count). The van der Waals surface area contributed by atoms with E-state index in [9.17, 15) is 23.1 Å². The summed E-state index contributed by atoms with van der Waals surface area (Å²) < 4.78 is 27.1. The van der Waals surface area contributed by atoms with E-state index in [0.717, 1.165) is 0 Å². The number of amides is 1. The highest BCUT2D eigenvalue weighted by molar-refractivity contribution is 7.92. The van der Waals surface area contributed by atoms with E-state index >= 15 is 0 Å². The number of nitrogens with zero attached hydrogens (tertiary/aromatic N) is 2. The summed E-state index contributed by atoms with van der Waals surface area (Å²) in [4.78, 5) is 31.3. The highest BCUT2D eigenvalue weighted by atomic mass is 32.2. The minimum atomic E-state index is -3.92. The van der Waals surface area contributed by atoms with E-state index in [0.29, 0.717) is 5.69 Å². The lowest BCUT2D eigenvalue weighted by Gasteiger charge is -2.11. The lowest BCUT2D eigenvalue weighted by molar-refractivity contribution is -0.255. The number of hydrogen-bond acceptors (Lipinski definition) is 7. The van der Waals surface area contributed by atoms with Gasteiger partial charge in [-0.3, -0.25) is 4.79 Å². The average Bonchev–Trinajstić information content (AvgIpc) is 2.68. The van der Waals surface area contributed by atoms with E-state index in [4.69, 9.17) is 0 Å². The van der Waals surface area contributed by atoms with Gasteiger partial charge in [-0.05, 0) is 43.3 Å². The summed E-state index contributed by atoms with van der Waals surface area (Å²) in [5, 5.41) is 13.6. The van der Waals surface area contributed by atoms with Crippen molar-refractivity contribution in [2.75, 3.05) is 10.0 Å². The van der Waals surface area contributed by atoms with E-state index in [1.807, 2.05) is 0 Å². The summed E-state index contributed by atoms with van der Waals surface area (Å²) in [5.41, 5.74) is 0.579. The largest absolute Gasteiger partial charge is 0.545 e. The number of carboxylic acids is 1. The summed E-state index contributed by atoms with van der Waals surface area (Å²) in [7, 11) is -3.92. The molecule has 29 heavy (non-hydrogen) atoms. The van der Waals surface area contributed by atoms with Crippen molar-refractivity contribution in [1.82, 2.24) is 9.97 Å². The van der Waals surface area contributed by atoms with Gasteiger partial charge in [0.05, 0.1) is 10.9 Å². The fourth-order valence-electron chi connectivity index (χ4n) is 2.45. The Morgan fingerprint density at radius 1 is 0.966 bits per heavy atom. The van der Waals surface area contributed by atoms with E-state index in [1.54, 1.807) is 13.0 Å². The monoisotopic (exact) mass is 411 g/mol. The first-order chi connectivity index (χ1) is 13.8. The number of anilines is 2. The Morgan fingerprint density at radius 2 is 1.62 bits per heavy atom. The molecule has 1 heterocycles. The zero-order valence-corrected chi connectivity index (χ0v) is 15.9. The van der Waals surface area contributed by atoms with Crippen LogP contribution in [0.25, 0.3) is 0 Å². The molecule has 0 spiro atoms. The third-order valence-corrected chi connectivity index (χ3v) is 5.18. The van der Waals surface area contributed by atoms with Crippen LogP contribution in [0.1, 0.15) is 26.4 Å². The molecular weight excluding hydrogens is 396 g/mol. The van der Waals surface area contributed by atoms with Crippen LogP contribution in [-0.4, -0.2) is 30.3 Å². The fraction of sp³-hybridized carbons (Fsp3) is 0.0526. The maximum atomic E-state index is 12.4. The average molecular weight is 411 g/mol. The van der Waals surface area contributed by atoms with Gasteiger partial charge in [-0.2, -0.15) is 0 Å². The maximum absolute atomic E-state index is 12.4. The van der Waals surface area contributed by atoms with Gasteiger partial charge in [-0.1, -0.05) is 18.2 Å². The highest BCUT2D eigenvalue weighted by Crippen LogP contribution is 2.18. The first kappa shape index (κ1) is 20.0. The van der Waals surface area contributed by atoms with Crippen molar-refractivity contribution in [2.24, 2.45) is 0 Å². The van der Waals surface area contributed by atoms with Gasteiger partial charge in [0.1, 0.15) is 0 Å². The molecule has 0 fully saturated rings. The van der Waals surface area contributed by atoms with Crippen molar-refractivity contribution in [3.63, 3.8) is 0 Å². The van der Waals surface area contributed by atoms with Gasteiger partial charge < -0.3 is 15.2 Å². The van der Waals surface area contributed by atoms with Crippen molar-refractivity contribution >= 4 is 33.5 Å². The Kier molecular flexibility index (Phi) is 5.55. The quantitative estimate of drug-likeness (QED) is 0.621. The van der Waals surface area contributed by atoms with E-state index in [2.05, 4.69) is 20.0 Å². The molecule has 148 valence electrons. The number of nitrogens with one attached hydrogen (secondary N) is 2. The molecule has 1 aromatic heterocycles. The third kappa shape index (κ3) is 4.74. The molecule has 2 N–H and O–H groups in total. The molecule has 0 aliphatic heterocycles. The molecule has 3 aromatic rings. The molecule has 10 heteroatoms. The van der Waals surface area contributed by atoms with Crippen molar-refractivity contribution in [3.05, 3.63) is 77.6 Å². The van der Waals surface area contributed by atoms with Gasteiger partial charge in [0.25, 0.3) is 15.9 Å². The first-order valence-electron chi connectivity index (χ1n) is 8.30. The SMILES string of the molecule is Cc1ccnc(NS(=O)(=O)c2ccc(NC(=O)c3ccccc3C(=O)[O-])cc2)n1. The summed E-state index contributed by atoms with van der Waals surface area (Å²) in [6.07, 6.45) is 1.43. The molecule has 0 bridgehead atoms. The number of benzene rings is 2. The minimum absolute atomic E-state index is 0.0544. The second kappa shape index (κ2) is 8.07. The first-order valence-corrected chi connectivity index (χ1v) is 9.79. The Morgan fingerprint density at radius 3 is 2.24 bits per heavy atom. The Bertz CT molecular complexity index is 1180. The molecule has 0 saturated heterocycles. The normalized spacial score (nSPS) is 10.9. The summed E-state index contributed by atoms with van der Waals surface area (Å²) >= 11 is 0. The van der Waals surface area contributed by atoms with Crippen LogP contribution in [0.2, 0.25) is 0 Å². The molecule has 0 aliphatic carbocycles. The predicted octanol–water partition coefficient (Wildman–Crippen LogP) is 1.20. The van der Waals surface area contributed by atoms with E-state index < -0.39 is 21.9 Å². The van der Waals surface area contributed by atoms with Crippen molar-refractivity contribution in [3.8, 4) is 0 Å². The fourth-order valence-corrected chi connectivity index (χ4v) is 3.40. The lowest BCUT2D eigenvalue weighted by atomic mass is 10.1. The van der Waals surface area contributed by atoms with Crippen LogP contribution in [0, 0.1) is 6.92 Å². The van der Waals surface area contributed by atoms with Crippen LogP contribution < -0.4 is 15.1 Å². The second-order valence-corrected chi connectivity index (χ2v) is 7.62. The molecule has 9 nitrogen and oxygen atoms in total. The number of aromatic nitrogens is 2. The Labute approximate surface area is 166 Å². The van der Waals surface area contributed by atoms with Gasteiger partial charge >= 0.3 is 0 Å². The predicted molar refractivity (Wildman–Crippen MR) is 103 cm³/mol. The van der Waals surface area contributed by atoms with Crippen molar-refractivity contribution in [1.29, 1.82) is 0 Å². The smallest absolute Gasteiger partial charge is 0.264 e. The number of carboxylic acid groups (broad SMARTS) is 1. The zero-order chi connectivity index (χ0) is 21.0. The molecule has 0 saturated carbocycles. The van der Waals surface area contributed by atoms with Crippen LogP contribution in [0.15, 0.2) is 65.7 Å². The van der Waals surface area contributed by atoms with Gasteiger partial charge in [-0.15, -0.1) is 0 Å². The standard InChI is InChI=1S/C19H16N4O5S/c1-12-10-11-20-19(21-12)23-29(27,28)14-8-6-13(7-9-14)22-17(24)15-4-2-3-5-16(15)18(25)26/h2-11H,1H3,(H,22,24)(H,25,26)(H,20,21,23)/p-1. The number of sulfonamides is 1. The second-order valence-electron chi connectivity index (χ2n) is 5.94. The lowest BCUT2D eigenvalue weighted by Crippen LogP contribution is -2.26. The maximum Gasteiger partial charge on any atom is 0.264 e. The number of rotatable bonds is 6. The topological polar surface area (TPSA) is 141 Å². The van der Waals surface area contributed by atoms with Gasteiger partial charge in [0.15, 0.2) is 0 Å². The van der Waals surface area contributed by atoms with Gasteiger partial charge in [0.2, 0.25) is 5.95 Å². The van der Waals surface area contributed by atoms with Crippen LogP contribution >= 0.6 is 0 Å². The van der Waals surface area contributed by atoms with Crippen LogP contribution in [0.3, 0.4) is 0 Å². The zero-order valence-electron chi connectivity index (χ0n) is 15.1. The Balaban J connectivity index is 1.76. The van der Waals surface area contributed by atoms with Crippen LogP contribution in [-0.2, 0) is 10.0 Å². The van der Waals surface area contributed by atoms with Crippen molar-refractivity contribution < 1.29 is 23.1 Å². The van der Waals surface area contributed by atoms with E-state index in [-0.39, 0.29) is 27.7 Å². The number of aromatic carboxylic acids is 1. The van der Waals surface area contributed by atoms with Gasteiger partial charge in [-0.25, -0.2) is 23.1 Å². The molecule has 0 aliphatic rings. The molecule has 1 amide bonds. The van der Waals surface area contributed by atoms with Crippen LogP contribution in [0.4, 0.5) is 11.6 Å². The van der Waals surface area contributed by atoms with Crippen LogP contribution in [0.5, 0.6) is 0 Å². The number of carbonyl (C=O) groups is 2. The van der Waals surface area contributed by atoms with Gasteiger partial charge in [0, 0.05) is 28.7 Å². The minimum Gasteiger partial charge on any atom is -0.545 e. The number of aryl methyl sites for hydroxylation is 1. The molecule has 0 unspecified atom stereocenters. The summed E-state index contributed by atoms with van der Waals surface area (Å²) in [5.74, 6) is -2.19. The van der Waals surface area contributed by atoms with E-state index in [1.165, 1.54) is 54.7 Å². The number of hydrogen-bond donors (Lipinski definition) is 2. The highest BCUT2D eigenvalue weighted by Gasteiger charge is 2.17. The molecule has 2 aromatic carbocycles. The third-order valence-electron chi connectivity index (χ3n) is 3.83. The molecule has 0 radical (unpaired) electrons. The van der Waals surface area contributed by atoms with Crippen molar-refractivity contribution in [2.45, 2.75) is 11.8 Å².